The molecule has 1 aliphatic heterocycles. The van der Waals surface area contributed by atoms with Gasteiger partial charge in [-0.25, -0.2) is 0 Å². The summed E-state index contributed by atoms with van der Waals surface area (Å²) >= 11 is 0. The Kier molecular flexibility index (Phi) is 7.09. The van der Waals surface area contributed by atoms with Crippen LogP contribution in [-0.2, 0) is 24.4 Å². The van der Waals surface area contributed by atoms with E-state index in [1.165, 1.54) is 5.56 Å². The molecule has 1 atom stereocenters. The molecule has 5 rings (SSSR count). The number of carbonyl (C=O) groups excluding carboxylic acids is 2. The molecule has 0 bridgehead atoms. The van der Waals surface area contributed by atoms with E-state index in [-0.39, 0.29) is 36.8 Å². The maximum Gasteiger partial charge on any atom is 0.287 e. The van der Waals surface area contributed by atoms with Crippen molar-refractivity contribution in [2.24, 2.45) is 5.41 Å². The predicted molar refractivity (Wildman–Crippen MR) is 143 cm³/mol. The third-order valence-corrected chi connectivity index (χ3v) is 6.63. The molecule has 1 aliphatic rings. The van der Waals surface area contributed by atoms with Crippen LogP contribution in [0.25, 0.3) is 0 Å². The van der Waals surface area contributed by atoms with Crippen LogP contribution in [0, 0.1) is 5.41 Å². The molecule has 1 N–H and O–H groups in total. The number of nitrogens with one attached hydrogen (secondary N) is 1. The Morgan fingerprint density at radius 2 is 1.82 bits per heavy atom. The quantitative estimate of drug-likeness (QED) is 0.333. The lowest BCUT2D eigenvalue weighted by Gasteiger charge is -2.41. The van der Waals surface area contributed by atoms with Gasteiger partial charge in [0.1, 0.15) is 23.9 Å². The second-order valence-electron chi connectivity index (χ2n) is 10.5. The van der Waals surface area contributed by atoms with Crippen molar-refractivity contribution in [1.82, 2.24) is 10.2 Å². The SMILES string of the molecule is CC(C)(C)C(=O)N1CCc2ccc(OCc3ccc(C(=O)NCc4ccco4)o3)cc2C1c1ccccc1. The minimum Gasteiger partial charge on any atom is -0.486 e. The molecule has 2 amide bonds. The number of carbonyl (C=O) groups is 2. The first-order chi connectivity index (χ1) is 18.3. The maximum absolute atomic E-state index is 13.4. The molecule has 2 aromatic heterocycles. The lowest BCUT2D eigenvalue weighted by molar-refractivity contribution is -0.141. The second kappa shape index (κ2) is 10.6. The van der Waals surface area contributed by atoms with E-state index in [0.29, 0.717) is 23.8 Å². The molecule has 0 radical (unpaired) electrons. The molecule has 7 heteroatoms. The molecule has 38 heavy (non-hydrogen) atoms. The molecule has 2 aromatic carbocycles. The van der Waals surface area contributed by atoms with Gasteiger partial charge in [0, 0.05) is 12.0 Å². The summed E-state index contributed by atoms with van der Waals surface area (Å²) < 4.78 is 17.0. The summed E-state index contributed by atoms with van der Waals surface area (Å²) in [5.41, 5.74) is 2.85. The van der Waals surface area contributed by atoms with Crippen molar-refractivity contribution in [2.45, 2.75) is 46.4 Å². The molecule has 0 saturated heterocycles. The van der Waals surface area contributed by atoms with Gasteiger partial charge in [-0.2, -0.15) is 0 Å². The molecular formula is C31H32N2O5. The summed E-state index contributed by atoms with van der Waals surface area (Å²) in [6, 6.07) is 22.9. The number of furan rings is 2. The van der Waals surface area contributed by atoms with Gasteiger partial charge >= 0.3 is 0 Å². The Bertz CT molecular complexity index is 1400. The highest BCUT2D eigenvalue weighted by Gasteiger charge is 2.37. The van der Waals surface area contributed by atoms with Gasteiger partial charge < -0.3 is 23.8 Å². The van der Waals surface area contributed by atoms with E-state index in [4.69, 9.17) is 13.6 Å². The number of hydrogen-bond acceptors (Lipinski definition) is 5. The lowest BCUT2D eigenvalue weighted by atomic mass is 9.85. The summed E-state index contributed by atoms with van der Waals surface area (Å²) in [6.07, 6.45) is 2.35. The summed E-state index contributed by atoms with van der Waals surface area (Å²) in [7, 11) is 0. The first-order valence-corrected chi connectivity index (χ1v) is 12.8. The Morgan fingerprint density at radius 1 is 1.00 bits per heavy atom. The number of benzene rings is 2. The van der Waals surface area contributed by atoms with E-state index in [1.807, 2.05) is 56.0 Å². The molecule has 0 aliphatic carbocycles. The predicted octanol–water partition coefficient (Wildman–Crippen LogP) is 5.90. The molecule has 1 unspecified atom stereocenters. The van der Waals surface area contributed by atoms with Crippen molar-refractivity contribution in [3.63, 3.8) is 0 Å². The van der Waals surface area contributed by atoms with Crippen LogP contribution in [0.4, 0.5) is 0 Å². The smallest absolute Gasteiger partial charge is 0.287 e. The zero-order valence-corrected chi connectivity index (χ0v) is 21.9. The van der Waals surface area contributed by atoms with E-state index in [9.17, 15) is 9.59 Å². The van der Waals surface area contributed by atoms with Crippen LogP contribution in [0.1, 0.15) is 65.6 Å². The van der Waals surface area contributed by atoms with Crippen molar-refractivity contribution in [1.29, 1.82) is 0 Å². The average molecular weight is 513 g/mol. The fourth-order valence-corrected chi connectivity index (χ4v) is 4.73. The molecule has 4 aromatic rings. The Hall–Kier alpha value is -4.26. The van der Waals surface area contributed by atoms with Gasteiger partial charge in [-0.1, -0.05) is 57.2 Å². The van der Waals surface area contributed by atoms with Gasteiger partial charge in [0.05, 0.1) is 18.8 Å². The minimum absolute atomic E-state index is 0.122. The highest BCUT2D eigenvalue weighted by Crippen LogP contribution is 2.39. The zero-order chi connectivity index (χ0) is 26.7. The first kappa shape index (κ1) is 25.4. The van der Waals surface area contributed by atoms with Crippen LogP contribution in [0.5, 0.6) is 5.75 Å². The number of fused-ring (bicyclic) bond motifs is 1. The average Bonchev–Trinajstić information content (AvgIpc) is 3.62. The monoisotopic (exact) mass is 512 g/mol. The maximum atomic E-state index is 13.4. The normalized spacial score (nSPS) is 15.1. The minimum atomic E-state index is -0.486. The standard InChI is InChI=1S/C31H32N2O5/c1-31(2,3)30(35)33-16-15-21-11-12-23(18-26(21)28(33)22-8-5-4-6-9-22)37-20-25-13-14-27(38-25)29(34)32-19-24-10-7-17-36-24/h4-14,17-18,28H,15-16,19-20H2,1-3H3,(H,32,34). The Labute approximate surface area is 222 Å². The number of hydrogen-bond donors (Lipinski definition) is 1. The summed E-state index contributed by atoms with van der Waals surface area (Å²) in [5.74, 6) is 1.89. The van der Waals surface area contributed by atoms with Crippen molar-refractivity contribution in [3.05, 3.63) is 113 Å². The second-order valence-corrected chi connectivity index (χ2v) is 10.5. The van der Waals surface area contributed by atoms with Crippen LogP contribution in [-0.4, -0.2) is 23.3 Å². The highest BCUT2D eigenvalue weighted by molar-refractivity contribution is 5.91. The van der Waals surface area contributed by atoms with E-state index < -0.39 is 5.41 Å². The fourth-order valence-electron chi connectivity index (χ4n) is 4.73. The van der Waals surface area contributed by atoms with Crippen molar-refractivity contribution in [3.8, 4) is 5.75 Å². The molecule has 0 fully saturated rings. The molecule has 0 spiro atoms. The largest absolute Gasteiger partial charge is 0.486 e. The van der Waals surface area contributed by atoms with E-state index in [0.717, 1.165) is 17.5 Å². The molecule has 0 saturated carbocycles. The first-order valence-electron chi connectivity index (χ1n) is 12.8. The topological polar surface area (TPSA) is 84.9 Å². The fraction of sp³-hybridized carbons (Fsp3) is 0.290. The number of ether oxygens (including phenoxy) is 1. The van der Waals surface area contributed by atoms with Crippen molar-refractivity contribution >= 4 is 11.8 Å². The molecule has 196 valence electrons. The highest BCUT2D eigenvalue weighted by atomic mass is 16.5. The number of amides is 2. The van der Waals surface area contributed by atoms with Crippen molar-refractivity contribution < 1.29 is 23.2 Å². The van der Waals surface area contributed by atoms with Gasteiger partial charge in [0.25, 0.3) is 5.91 Å². The molecular weight excluding hydrogens is 480 g/mol. The van der Waals surface area contributed by atoms with Gasteiger partial charge in [-0.05, 0) is 59.5 Å². The molecule has 3 heterocycles. The summed E-state index contributed by atoms with van der Waals surface area (Å²) in [4.78, 5) is 27.8. The van der Waals surface area contributed by atoms with Crippen LogP contribution in [0.3, 0.4) is 0 Å². The Morgan fingerprint density at radius 3 is 2.55 bits per heavy atom. The van der Waals surface area contributed by atoms with E-state index in [2.05, 4.69) is 23.5 Å². The zero-order valence-electron chi connectivity index (χ0n) is 21.9. The molecule has 7 nitrogen and oxygen atoms in total. The van der Waals surface area contributed by atoms with E-state index >= 15 is 0 Å². The van der Waals surface area contributed by atoms with Gasteiger partial charge in [-0.15, -0.1) is 0 Å². The van der Waals surface area contributed by atoms with Gasteiger partial charge in [-0.3, -0.25) is 9.59 Å². The number of nitrogens with zero attached hydrogens (tertiary/aromatic N) is 1. The third-order valence-electron chi connectivity index (χ3n) is 6.63. The van der Waals surface area contributed by atoms with Crippen LogP contribution >= 0.6 is 0 Å². The van der Waals surface area contributed by atoms with Gasteiger partial charge in [0.15, 0.2) is 5.76 Å². The third kappa shape index (κ3) is 5.52. The van der Waals surface area contributed by atoms with Gasteiger partial charge in [0.2, 0.25) is 5.91 Å². The number of rotatable bonds is 7. The van der Waals surface area contributed by atoms with Crippen LogP contribution in [0.2, 0.25) is 0 Å². The summed E-state index contributed by atoms with van der Waals surface area (Å²) in [6.45, 7) is 7.00. The van der Waals surface area contributed by atoms with Crippen LogP contribution in [0.15, 0.2) is 87.9 Å². The van der Waals surface area contributed by atoms with E-state index in [1.54, 1.807) is 30.5 Å². The lowest BCUT2D eigenvalue weighted by Crippen LogP contribution is -2.45. The van der Waals surface area contributed by atoms with Crippen LogP contribution < -0.4 is 10.1 Å². The Balaban J connectivity index is 1.32. The summed E-state index contributed by atoms with van der Waals surface area (Å²) in [5, 5.41) is 2.77. The van der Waals surface area contributed by atoms with Crippen molar-refractivity contribution in [2.75, 3.05) is 6.54 Å².